The quantitative estimate of drug-likeness (QED) is 0.652. The van der Waals surface area contributed by atoms with E-state index in [1.807, 2.05) is 32.0 Å². The molecule has 0 saturated heterocycles. The van der Waals surface area contributed by atoms with E-state index in [0.29, 0.717) is 22.8 Å². The van der Waals surface area contributed by atoms with Crippen molar-refractivity contribution in [2.24, 2.45) is 0 Å². The van der Waals surface area contributed by atoms with Gasteiger partial charge in [0, 0.05) is 22.9 Å². The maximum Gasteiger partial charge on any atom is 0.187 e. The highest BCUT2D eigenvalue weighted by Gasteiger charge is 2.36. The molecule has 0 aliphatic carbocycles. The van der Waals surface area contributed by atoms with E-state index in [1.165, 1.54) is 0 Å². The van der Waals surface area contributed by atoms with Crippen LogP contribution in [0.3, 0.4) is 0 Å². The van der Waals surface area contributed by atoms with E-state index in [9.17, 15) is 9.90 Å². The first-order valence-corrected chi connectivity index (χ1v) is 8.40. The van der Waals surface area contributed by atoms with Crippen molar-refractivity contribution < 1.29 is 19.4 Å². The summed E-state index contributed by atoms with van der Waals surface area (Å²) in [5, 5.41) is 13.9. The molecule has 26 heavy (non-hydrogen) atoms. The van der Waals surface area contributed by atoms with Gasteiger partial charge in [-0.1, -0.05) is 6.07 Å². The van der Waals surface area contributed by atoms with Crippen LogP contribution < -0.4 is 14.8 Å². The minimum atomic E-state index is -0.698. The SMILES string of the molecule is COc1ccc(C(=O)/C=C2\NC(C)(C)C(O)c3ccc(OC)cc32)cc1. The van der Waals surface area contributed by atoms with Crippen LogP contribution in [-0.2, 0) is 0 Å². The number of methoxy groups -OCH3 is 2. The fourth-order valence-electron chi connectivity index (χ4n) is 3.09. The second-order valence-corrected chi connectivity index (χ2v) is 6.85. The summed E-state index contributed by atoms with van der Waals surface area (Å²) in [6.07, 6.45) is 0.866. The van der Waals surface area contributed by atoms with Gasteiger partial charge in [-0.2, -0.15) is 0 Å². The Kier molecular flexibility index (Phi) is 4.74. The number of allylic oxidation sites excluding steroid dienone is 1. The van der Waals surface area contributed by atoms with E-state index in [2.05, 4.69) is 5.32 Å². The Morgan fingerprint density at radius 1 is 1.08 bits per heavy atom. The predicted octanol–water partition coefficient (Wildman–Crippen LogP) is 3.34. The van der Waals surface area contributed by atoms with Gasteiger partial charge < -0.3 is 19.9 Å². The van der Waals surface area contributed by atoms with Gasteiger partial charge in [0.1, 0.15) is 17.6 Å². The first kappa shape index (κ1) is 18.0. The number of ether oxygens (including phenoxy) is 2. The Morgan fingerprint density at radius 3 is 2.31 bits per heavy atom. The van der Waals surface area contributed by atoms with Gasteiger partial charge in [-0.3, -0.25) is 4.79 Å². The molecule has 1 heterocycles. The molecule has 1 atom stereocenters. The number of nitrogens with one attached hydrogen (secondary N) is 1. The van der Waals surface area contributed by atoms with Crippen LogP contribution in [0, 0.1) is 0 Å². The van der Waals surface area contributed by atoms with Crippen molar-refractivity contribution in [1.82, 2.24) is 5.32 Å². The minimum absolute atomic E-state index is 0.129. The second-order valence-electron chi connectivity index (χ2n) is 6.85. The van der Waals surface area contributed by atoms with Crippen molar-refractivity contribution in [3.63, 3.8) is 0 Å². The number of ketones is 1. The van der Waals surface area contributed by atoms with Crippen LogP contribution in [0.15, 0.2) is 48.5 Å². The lowest BCUT2D eigenvalue weighted by Gasteiger charge is -2.40. The summed E-state index contributed by atoms with van der Waals surface area (Å²) in [5.41, 5.74) is 2.15. The van der Waals surface area contributed by atoms with Gasteiger partial charge in [0.2, 0.25) is 0 Å². The molecule has 1 aliphatic rings. The van der Waals surface area contributed by atoms with E-state index in [0.717, 1.165) is 11.1 Å². The lowest BCUT2D eigenvalue weighted by Crippen LogP contribution is -2.47. The first-order chi connectivity index (χ1) is 12.4. The van der Waals surface area contributed by atoms with Crippen LogP contribution in [0.4, 0.5) is 0 Å². The van der Waals surface area contributed by atoms with Crippen molar-refractivity contribution >= 4 is 11.5 Å². The van der Waals surface area contributed by atoms with E-state index in [1.54, 1.807) is 44.6 Å². The number of rotatable bonds is 4. The maximum atomic E-state index is 12.7. The standard InChI is InChI=1S/C21H23NO4/c1-21(2)20(24)16-10-9-15(26-4)11-17(16)18(22-21)12-19(23)13-5-7-14(25-3)8-6-13/h5-12,20,22,24H,1-4H3/b18-12-. The van der Waals surface area contributed by atoms with Crippen LogP contribution in [0.1, 0.15) is 41.4 Å². The molecular formula is C21H23NO4. The molecule has 0 bridgehead atoms. The van der Waals surface area contributed by atoms with Gasteiger partial charge in [-0.15, -0.1) is 0 Å². The smallest absolute Gasteiger partial charge is 0.187 e. The maximum absolute atomic E-state index is 12.7. The topological polar surface area (TPSA) is 67.8 Å². The molecule has 0 radical (unpaired) electrons. The summed E-state index contributed by atoms with van der Waals surface area (Å²) in [6.45, 7) is 3.80. The average molecular weight is 353 g/mol. The normalized spacial score (nSPS) is 19.4. The number of benzene rings is 2. The van der Waals surface area contributed by atoms with Crippen molar-refractivity contribution in [2.75, 3.05) is 14.2 Å². The second kappa shape index (κ2) is 6.84. The lowest BCUT2D eigenvalue weighted by molar-refractivity contribution is 0.0853. The van der Waals surface area contributed by atoms with Gasteiger partial charge in [-0.05, 0) is 55.8 Å². The molecule has 5 heteroatoms. The summed E-state index contributed by atoms with van der Waals surface area (Å²) in [6, 6.07) is 12.4. The largest absolute Gasteiger partial charge is 0.497 e. The summed E-state index contributed by atoms with van der Waals surface area (Å²) < 4.78 is 10.4. The number of carbonyl (C=O) groups excluding carboxylic acids is 1. The molecule has 1 aliphatic heterocycles. The third-order valence-corrected chi connectivity index (χ3v) is 4.64. The van der Waals surface area contributed by atoms with Crippen molar-refractivity contribution in [3.05, 3.63) is 65.2 Å². The van der Waals surface area contributed by atoms with E-state index < -0.39 is 11.6 Å². The summed E-state index contributed by atoms with van der Waals surface area (Å²) >= 11 is 0. The average Bonchev–Trinajstić information content (AvgIpc) is 2.65. The molecule has 2 aromatic rings. The van der Waals surface area contributed by atoms with Crippen molar-refractivity contribution in [3.8, 4) is 11.5 Å². The Balaban J connectivity index is 2.03. The highest BCUT2D eigenvalue weighted by atomic mass is 16.5. The number of aliphatic hydroxyl groups is 1. The molecule has 136 valence electrons. The van der Waals surface area contributed by atoms with E-state index in [4.69, 9.17) is 9.47 Å². The van der Waals surface area contributed by atoms with Gasteiger partial charge >= 0.3 is 0 Å². The molecule has 3 rings (SSSR count). The highest BCUT2D eigenvalue weighted by molar-refractivity contribution is 6.08. The lowest BCUT2D eigenvalue weighted by atomic mass is 9.82. The molecule has 2 N–H and O–H groups in total. The Morgan fingerprint density at radius 2 is 1.69 bits per heavy atom. The molecular weight excluding hydrogens is 330 g/mol. The molecule has 2 aromatic carbocycles. The summed E-state index contributed by atoms with van der Waals surface area (Å²) in [4.78, 5) is 12.7. The molecule has 5 nitrogen and oxygen atoms in total. The van der Waals surface area contributed by atoms with E-state index >= 15 is 0 Å². The fraction of sp³-hybridized carbons (Fsp3) is 0.286. The van der Waals surface area contributed by atoms with Gasteiger partial charge in [-0.25, -0.2) is 0 Å². The Labute approximate surface area is 153 Å². The number of hydrogen-bond donors (Lipinski definition) is 2. The first-order valence-electron chi connectivity index (χ1n) is 8.40. The van der Waals surface area contributed by atoms with Crippen LogP contribution in [0.5, 0.6) is 11.5 Å². The summed E-state index contributed by atoms with van der Waals surface area (Å²) in [7, 11) is 3.17. The summed E-state index contributed by atoms with van der Waals surface area (Å²) in [5.74, 6) is 1.24. The van der Waals surface area contributed by atoms with Crippen molar-refractivity contribution in [1.29, 1.82) is 0 Å². The van der Waals surface area contributed by atoms with Crippen LogP contribution >= 0.6 is 0 Å². The zero-order valence-corrected chi connectivity index (χ0v) is 15.4. The third-order valence-electron chi connectivity index (χ3n) is 4.64. The number of carbonyl (C=O) groups is 1. The molecule has 0 fully saturated rings. The van der Waals surface area contributed by atoms with Gasteiger partial charge in [0.25, 0.3) is 0 Å². The molecule has 1 unspecified atom stereocenters. The number of fused-ring (bicyclic) bond motifs is 1. The highest BCUT2D eigenvalue weighted by Crippen LogP contribution is 2.39. The van der Waals surface area contributed by atoms with Crippen LogP contribution in [0.2, 0.25) is 0 Å². The molecule has 0 spiro atoms. The molecule has 0 saturated carbocycles. The number of aliphatic hydroxyl groups excluding tert-OH is 1. The Hall–Kier alpha value is -2.79. The predicted molar refractivity (Wildman–Crippen MR) is 100 cm³/mol. The van der Waals surface area contributed by atoms with Gasteiger partial charge in [0.15, 0.2) is 5.78 Å². The Bertz CT molecular complexity index is 853. The zero-order valence-electron chi connectivity index (χ0n) is 15.4. The zero-order chi connectivity index (χ0) is 18.9. The van der Waals surface area contributed by atoms with Gasteiger partial charge in [0.05, 0.1) is 19.8 Å². The van der Waals surface area contributed by atoms with Crippen molar-refractivity contribution in [2.45, 2.75) is 25.5 Å². The minimum Gasteiger partial charge on any atom is -0.497 e. The van der Waals surface area contributed by atoms with Crippen LogP contribution in [-0.4, -0.2) is 30.6 Å². The molecule has 0 amide bonds. The fourth-order valence-corrected chi connectivity index (χ4v) is 3.09. The number of hydrogen-bond acceptors (Lipinski definition) is 5. The van der Waals surface area contributed by atoms with Crippen LogP contribution in [0.25, 0.3) is 5.70 Å². The third kappa shape index (κ3) is 3.30. The van der Waals surface area contributed by atoms with E-state index in [-0.39, 0.29) is 5.78 Å². The molecule has 0 aromatic heterocycles. The monoisotopic (exact) mass is 353 g/mol.